The van der Waals surface area contributed by atoms with Crippen LogP contribution in [-0.4, -0.2) is 11.5 Å². The summed E-state index contributed by atoms with van der Waals surface area (Å²) in [7, 11) is 0. The Morgan fingerprint density at radius 3 is 2.71 bits per heavy atom. The van der Waals surface area contributed by atoms with Crippen molar-refractivity contribution in [2.45, 2.75) is 39.7 Å². The first-order chi connectivity index (χ1) is 10.1. The number of rotatable bonds is 6. The van der Waals surface area contributed by atoms with E-state index in [0.29, 0.717) is 6.04 Å². The monoisotopic (exact) mass is 346 g/mol. The molecule has 0 aliphatic rings. The number of benzene rings is 1. The number of aromatic nitrogens is 1. The molecule has 0 fully saturated rings. The predicted octanol–water partition coefficient (Wildman–Crippen LogP) is 4.74. The van der Waals surface area contributed by atoms with Crippen molar-refractivity contribution < 1.29 is 0 Å². The van der Waals surface area contributed by atoms with Crippen LogP contribution < -0.4 is 5.32 Å². The van der Waals surface area contributed by atoms with Crippen molar-refractivity contribution in [3.05, 3.63) is 63.4 Å². The Morgan fingerprint density at radius 1 is 1.19 bits per heavy atom. The van der Waals surface area contributed by atoms with E-state index in [1.807, 2.05) is 12.3 Å². The van der Waals surface area contributed by atoms with Gasteiger partial charge in [0.05, 0.1) is 0 Å². The van der Waals surface area contributed by atoms with Gasteiger partial charge in [-0.25, -0.2) is 0 Å². The molecule has 0 radical (unpaired) electrons. The zero-order valence-corrected chi connectivity index (χ0v) is 14.6. The summed E-state index contributed by atoms with van der Waals surface area (Å²) < 4.78 is 1.17. The minimum Gasteiger partial charge on any atom is -0.310 e. The van der Waals surface area contributed by atoms with E-state index in [1.165, 1.54) is 26.9 Å². The molecular weight excluding hydrogens is 324 g/mol. The average molecular weight is 347 g/mol. The lowest BCUT2D eigenvalue weighted by atomic mass is 9.96. The lowest BCUT2D eigenvalue weighted by Crippen LogP contribution is -2.25. The normalized spacial score (nSPS) is 12.4. The van der Waals surface area contributed by atoms with Crippen LogP contribution in [0.25, 0.3) is 0 Å². The highest BCUT2D eigenvalue weighted by atomic mass is 79.9. The fourth-order valence-corrected chi connectivity index (χ4v) is 2.92. The Kier molecular flexibility index (Phi) is 5.95. The van der Waals surface area contributed by atoms with Crippen LogP contribution >= 0.6 is 15.9 Å². The molecule has 112 valence electrons. The van der Waals surface area contributed by atoms with Gasteiger partial charge < -0.3 is 5.32 Å². The van der Waals surface area contributed by atoms with Crippen LogP contribution in [0.5, 0.6) is 0 Å². The third kappa shape index (κ3) is 4.14. The van der Waals surface area contributed by atoms with Crippen molar-refractivity contribution in [2.24, 2.45) is 0 Å². The summed E-state index contributed by atoms with van der Waals surface area (Å²) in [5.74, 6) is 0. The molecule has 0 aliphatic carbocycles. The van der Waals surface area contributed by atoms with Crippen molar-refractivity contribution in [1.29, 1.82) is 0 Å². The van der Waals surface area contributed by atoms with Gasteiger partial charge in [0.2, 0.25) is 0 Å². The highest BCUT2D eigenvalue weighted by Gasteiger charge is 2.16. The molecule has 0 bridgehead atoms. The SMILES string of the molecule is CCCNC(Cc1ncccc1C)c1cccc(Br)c1C. The Hall–Kier alpha value is -1.19. The summed E-state index contributed by atoms with van der Waals surface area (Å²) in [5.41, 5.74) is 5.08. The van der Waals surface area contributed by atoms with Gasteiger partial charge in [0.25, 0.3) is 0 Å². The second-order valence-corrected chi connectivity index (χ2v) is 6.29. The second kappa shape index (κ2) is 7.71. The van der Waals surface area contributed by atoms with Crippen molar-refractivity contribution in [3.63, 3.8) is 0 Å². The molecule has 1 aromatic heterocycles. The number of halogens is 1. The van der Waals surface area contributed by atoms with E-state index in [4.69, 9.17) is 0 Å². The van der Waals surface area contributed by atoms with Gasteiger partial charge >= 0.3 is 0 Å². The van der Waals surface area contributed by atoms with Crippen molar-refractivity contribution in [1.82, 2.24) is 10.3 Å². The van der Waals surface area contributed by atoms with Gasteiger partial charge in [0, 0.05) is 28.8 Å². The van der Waals surface area contributed by atoms with Crippen LogP contribution in [0.1, 0.15) is 41.8 Å². The van der Waals surface area contributed by atoms with Gasteiger partial charge in [-0.2, -0.15) is 0 Å². The molecule has 0 saturated carbocycles. The quantitative estimate of drug-likeness (QED) is 0.816. The van der Waals surface area contributed by atoms with E-state index in [1.54, 1.807) is 0 Å². The van der Waals surface area contributed by atoms with E-state index >= 15 is 0 Å². The summed E-state index contributed by atoms with van der Waals surface area (Å²) in [6, 6.07) is 10.9. The number of pyridine rings is 1. The highest BCUT2D eigenvalue weighted by Crippen LogP contribution is 2.27. The van der Waals surface area contributed by atoms with Crippen molar-refractivity contribution >= 4 is 15.9 Å². The van der Waals surface area contributed by atoms with Crippen molar-refractivity contribution in [2.75, 3.05) is 6.54 Å². The van der Waals surface area contributed by atoms with E-state index < -0.39 is 0 Å². The molecule has 1 N–H and O–H groups in total. The lowest BCUT2D eigenvalue weighted by molar-refractivity contribution is 0.521. The molecule has 1 atom stereocenters. The lowest BCUT2D eigenvalue weighted by Gasteiger charge is -2.22. The third-order valence-corrected chi connectivity index (χ3v) is 4.70. The third-order valence-electron chi connectivity index (χ3n) is 3.84. The molecule has 0 amide bonds. The molecule has 2 nitrogen and oxygen atoms in total. The Labute approximate surface area is 136 Å². The molecule has 1 unspecified atom stereocenters. The molecule has 2 rings (SSSR count). The van der Waals surface area contributed by atoms with Crippen LogP contribution in [-0.2, 0) is 6.42 Å². The Bertz CT molecular complexity index is 596. The molecule has 0 aliphatic heterocycles. The van der Waals surface area contributed by atoms with Crippen molar-refractivity contribution in [3.8, 4) is 0 Å². The molecule has 21 heavy (non-hydrogen) atoms. The standard InChI is InChI=1S/C18H23BrN2/c1-4-10-20-18(12-17-13(2)7-6-11-21-17)15-8-5-9-16(19)14(15)3/h5-9,11,18,20H,4,10,12H2,1-3H3. The molecule has 0 spiro atoms. The van der Waals surface area contributed by atoms with E-state index in [9.17, 15) is 0 Å². The zero-order chi connectivity index (χ0) is 15.2. The van der Waals surface area contributed by atoms with Crippen LogP contribution in [0.3, 0.4) is 0 Å². The first-order valence-electron chi connectivity index (χ1n) is 7.52. The Morgan fingerprint density at radius 2 is 2.00 bits per heavy atom. The number of hydrogen-bond acceptors (Lipinski definition) is 2. The molecule has 1 aromatic carbocycles. The molecule has 2 aromatic rings. The number of nitrogens with zero attached hydrogens (tertiary/aromatic N) is 1. The molecule has 3 heteroatoms. The van der Waals surface area contributed by atoms with E-state index in [-0.39, 0.29) is 0 Å². The molecular formula is C18H23BrN2. The van der Waals surface area contributed by atoms with Gasteiger partial charge in [-0.05, 0) is 55.6 Å². The number of aryl methyl sites for hydroxylation is 1. The first kappa shape index (κ1) is 16.2. The summed E-state index contributed by atoms with van der Waals surface area (Å²) >= 11 is 3.64. The maximum atomic E-state index is 4.55. The summed E-state index contributed by atoms with van der Waals surface area (Å²) in [5, 5.41) is 3.67. The largest absolute Gasteiger partial charge is 0.310 e. The summed E-state index contributed by atoms with van der Waals surface area (Å²) in [6.07, 6.45) is 3.93. The zero-order valence-electron chi connectivity index (χ0n) is 13.0. The predicted molar refractivity (Wildman–Crippen MR) is 92.6 cm³/mol. The van der Waals surface area contributed by atoms with Crippen LogP contribution in [0.2, 0.25) is 0 Å². The average Bonchev–Trinajstić information content (AvgIpc) is 2.48. The van der Waals surface area contributed by atoms with Gasteiger partial charge in [0.1, 0.15) is 0 Å². The van der Waals surface area contributed by atoms with Crippen LogP contribution in [0.15, 0.2) is 41.0 Å². The van der Waals surface area contributed by atoms with Gasteiger partial charge in [-0.1, -0.05) is 41.1 Å². The molecule has 1 heterocycles. The second-order valence-electron chi connectivity index (χ2n) is 5.43. The van der Waals surface area contributed by atoms with Crippen LogP contribution in [0.4, 0.5) is 0 Å². The minimum atomic E-state index is 0.302. The smallest absolute Gasteiger partial charge is 0.0451 e. The number of hydrogen-bond donors (Lipinski definition) is 1. The minimum absolute atomic E-state index is 0.302. The number of nitrogens with one attached hydrogen (secondary N) is 1. The van der Waals surface area contributed by atoms with Gasteiger partial charge in [-0.3, -0.25) is 4.98 Å². The molecule has 0 saturated heterocycles. The maximum absolute atomic E-state index is 4.55. The van der Waals surface area contributed by atoms with E-state index in [2.05, 4.69) is 71.3 Å². The topological polar surface area (TPSA) is 24.9 Å². The first-order valence-corrected chi connectivity index (χ1v) is 8.31. The van der Waals surface area contributed by atoms with Gasteiger partial charge in [0.15, 0.2) is 0 Å². The fraction of sp³-hybridized carbons (Fsp3) is 0.389. The fourth-order valence-electron chi connectivity index (χ4n) is 2.54. The summed E-state index contributed by atoms with van der Waals surface area (Å²) in [6.45, 7) is 7.52. The highest BCUT2D eigenvalue weighted by molar-refractivity contribution is 9.10. The van der Waals surface area contributed by atoms with E-state index in [0.717, 1.165) is 19.4 Å². The van der Waals surface area contributed by atoms with Gasteiger partial charge in [-0.15, -0.1) is 0 Å². The Balaban J connectivity index is 2.30. The maximum Gasteiger partial charge on any atom is 0.0451 e. The van der Waals surface area contributed by atoms with Crippen LogP contribution in [0, 0.1) is 13.8 Å². The summed E-state index contributed by atoms with van der Waals surface area (Å²) in [4.78, 5) is 4.55.